The topological polar surface area (TPSA) is 6.48 Å². The molecule has 0 unspecified atom stereocenters. The monoisotopic (exact) mass is 460 g/mol. The Morgan fingerprint density at radius 3 is 1.58 bits per heavy atom. The maximum absolute atomic E-state index is 3.61. The van der Waals surface area contributed by atoms with E-state index < -0.39 is 0 Å². The first-order valence-corrected chi connectivity index (χ1v) is 12.0. The lowest BCUT2D eigenvalue weighted by atomic mass is 10.1. The fourth-order valence-corrected chi connectivity index (χ4v) is 4.53. The molecule has 2 nitrogen and oxygen atoms in total. The van der Waals surface area contributed by atoms with E-state index in [9.17, 15) is 0 Å². The summed E-state index contributed by atoms with van der Waals surface area (Å²) in [7, 11) is 0. The minimum atomic E-state index is 1.00. The van der Waals surface area contributed by atoms with E-state index in [1.807, 2.05) is 30.4 Å². The maximum atomic E-state index is 3.61. The van der Waals surface area contributed by atoms with E-state index in [1.165, 1.54) is 0 Å². The van der Waals surface area contributed by atoms with Crippen molar-refractivity contribution in [3.8, 4) is 0 Å². The zero-order chi connectivity index (χ0) is 24.2. The molecule has 0 fully saturated rings. The van der Waals surface area contributed by atoms with Gasteiger partial charge in [-0.05, 0) is 78.4 Å². The molecule has 0 heterocycles. The molecule has 36 heavy (non-hydrogen) atoms. The number of anilines is 4. The number of rotatable bonds is 7. The van der Waals surface area contributed by atoms with Crippen molar-refractivity contribution in [1.82, 2.24) is 0 Å². The molecule has 2 aliphatic carbocycles. The first-order chi connectivity index (χ1) is 17.9. The van der Waals surface area contributed by atoms with Gasteiger partial charge in [-0.25, -0.2) is 0 Å². The third kappa shape index (κ3) is 4.27. The number of allylic oxidation sites excluding steroid dienone is 4. The van der Waals surface area contributed by atoms with Crippen molar-refractivity contribution in [3.05, 3.63) is 174 Å². The summed E-state index contributed by atoms with van der Waals surface area (Å²) in [5.74, 6) is 0. The van der Waals surface area contributed by atoms with Crippen LogP contribution in [-0.2, 0) is 0 Å². The summed E-state index contributed by atoms with van der Waals surface area (Å²) in [5, 5.41) is 0. The maximum Gasteiger partial charge on any atom is 0.0897 e. The second kappa shape index (κ2) is 9.70. The van der Waals surface area contributed by atoms with Crippen LogP contribution in [0.1, 0.15) is 5.56 Å². The van der Waals surface area contributed by atoms with Gasteiger partial charge in [0, 0.05) is 34.4 Å². The molecule has 0 aliphatic heterocycles. The van der Waals surface area contributed by atoms with Gasteiger partial charge in [0.15, 0.2) is 0 Å². The Morgan fingerprint density at radius 1 is 0.500 bits per heavy atom. The predicted molar refractivity (Wildman–Crippen MR) is 150 cm³/mol. The molecule has 6 rings (SSSR count). The first-order valence-electron chi connectivity index (χ1n) is 12.0. The highest BCUT2D eigenvalue weighted by Crippen LogP contribution is 2.37. The fraction of sp³-hybridized carbons (Fsp3) is 0. The molecule has 2 aliphatic rings. The summed E-state index contributed by atoms with van der Waals surface area (Å²) in [5.41, 5.74) is 15.5. The van der Waals surface area contributed by atoms with Crippen molar-refractivity contribution in [2.24, 2.45) is 0 Å². The molecule has 0 saturated carbocycles. The van der Waals surface area contributed by atoms with Gasteiger partial charge in [0.25, 0.3) is 0 Å². The molecular weight excluding hydrogens is 436 g/mol. The number of hydrogen-bond donors (Lipinski definition) is 0. The van der Waals surface area contributed by atoms with Crippen molar-refractivity contribution in [1.29, 1.82) is 0 Å². The lowest BCUT2D eigenvalue weighted by Crippen LogP contribution is -2.18. The molecule has 0 radical (unpaired) electrons. The molecule has 0 N–H and O–H groups in total. The third-order valence-corrected chi connectivity index (χ3v) is 6.23. The molecule has 0 aromatic heterocycles. The highest BCUT2D eigenvalue weighted by atomic mass is 15.2. The summed E-state index contributed by atoms with van der Waals surface area (Å²) < 4.78 is 0. The normalized spacial score (nSPS) is 13.4. The van der Waals surface area contributed by atoms with Crippen molar-refractivity contribution < 1.29 is 0 Å². The van der Waals surface area contributed by atoms with Gasteiger partial charge in [0.1, 0.15) is 0 Å². The van der Waals surface area contributed by atoms with Crippen LogP contribution < -0.4 is 9.80 Å². The van der Waals surface area contributed by atoms with Gasteiger partial charge in [-0.3, -0.25) is 0 Å². The Balaban J connectivity index is 1.40. The van der Waals surface area contributed by atoms with Gasteiger partial charge in [-0.15, -0.1) is 5.73 Å². The highest BCUT2D eigenvalue weighted by Gasteiger charge is 2.19. The molecule has 0 spiro atoms. The van der Waals surface area contributed by atoms with Crippen molar-refractivity contribution in [2.45, 2.75) is 0 Å². The Hall–Kier alpha value is -5.00. The number of benzene rings is 4. The predicted octanol–water partition coefficient (Wildman–Crippen LogP) is 8.71. The molecule has 0 amide bonds. The Labute approximate surface area is 212 Å². The van der Waals surface area contributed by atoms with Crippen LogP contribution in [0.15, 0.2) is 168 Å². The van der Waals surface area contributed by atoms with Crippen LogP contribution in [0.4, 0.5) is 22.7 Å². The van der Waals surface area contributed by atoms with E-state index in [2.05, 4.69) is 137 Å². The number of nitrogens with zero attached hydrogens (tertiary/aromatic N) is 2. The smallest absolute Gasteiger partial charge is 0.0897 e. The van der Waals surface area contributed by atoms with E-state index >= 15 is 0 Å². The standard InChI is InChI=1S/C34H24N2/c1-4-12-27(13-5-1)28-20-21-34(26-28)36(31-18-10-11-19-31)33-24-22-32(23-25-33)35(29-14-6-2-7-15-29)30-16-8-3-9-17-30/h1-10,12-25H. The Kier molecular flexibility index (Phi) is 5.80. The van der Waals surface area contributed by atoms with Crippen LogP contribution in [0.5, 0.6) is 0 Å². The molecule has 4 aromatic carbocycles. The average molecular weight is 461 g/mol. The van der Waals surface area contributed by atoms with Gasteiger partial charge in [0.05, 0.1) is 11.4 Å². The summed E-state index contributed by atoms with van der Waals surface area (Å²) in [6.07, 6.45) is 10.3. The minimum absolute atomic E-state index is 1.00. The zero-order valence-electron chi connectivity index (χ0n) is 19.8. The number of hydrogen-bond acceptors (Lipinski definition) is 2. The van der Waals surface area contributed by atoms with Crippen molar-refractivity contribution in [3.63, 3.8) is 0 Å². The van der Waals surface area contributed by atoms with E-state index in [4.69, 9.17) is 0 Å². The van der Waals surface area contributed by atoms with Gasteiger partial charge in [0.2, 0.25) is 0 Å². The Bertz CT molecular complexity index is 1520. The van der Waals surface area contributed by atoms with E-state index in [1.54, 1.807) is 0 Å². The van der Waals surface area contributed by atoms with E-state index in [0.29, 0.717) is 0 Å². The Morgan fingerprint density at radius 2 is 1.03 bits per heavy atom. The average Bonchev–Trinajstić information content (AvgIpc) is 3.65. The fourth-order valence-electron chi connectivity index (χ4n) is 4.53. The van der Waals surface area contributed by atoms with E-state index in [-0.39, 0.29) is 0 Å². The van der Waals surface area contributed by atoms with Gasteiger partial charge in [-0.2, -0.15) is 0 Å². The summed E-state index contributed by atoms with van der Waals surface area (Å²) in [6, 6.07) is 40.0. The minimum Gasteiger partial charge on any atom is -0.311 e. The molecule has 0 atom stereocenters. The summed E-state index contributed by atoms with van der Waals surface area (Å²) in [4.78, 5) is 4.49. The van der Waals surface area contributed by atoms with Crippen LogP contribution in [-0.4, -0.2) is 0 Å². The van der Waals surface area contributed by atoms with Gasteiger partial charge in [-0.1, -0.05) is 72.5 Å². The molecular formula is C34H24N2. The lowest BCUT2D eigenvalue weighted by molar-refractivity contribution is 1.15. The quantitative estimate of drug-likeness (QED) is 0.254. The number of para-hydroxylation sites is 2. The van der Waals surface area contributed by atoms with Crippen LogP contribution in [0, 0.1) is 0 Å². The van der Waals surface area contributed by atoms with Crippen LogP contribution >= 0.6 is 0 Å². The molecule has 0 bridgehead atoms. The molecule has 0 saturated heterocycles. The molecule has 4 aromatic rings. The first kappa shape index (κ1) is 21.5. The molecule has 2 heteroatoms. The third-order valence-electron chi connectivity index (χ3n) is 6.23. The SMILES string of the molecule is C1=CC=C(N(C2=C=C(c3ccccc3)C=C2)c2ccc(N(c3ccccc3)c3ccccc3)cc2)C=1. The van der Waals surface area contributed by atoms with Gasteiger partial charge < -0.3 is 9.80 Å². The molecule has 170 valence electrons. The lowest BCUT2D eigenvalue weighted by Gasteiger charge is -2.27. The summed E-state index contributed by atoms with van der Waals surface area (Å²) in [6.45, 7) is 0. The van der Waals surface area contributed by atoms with Crippen LogP contribution in [0.3, 0.4) is 0 Å². The highest BCUT2D eigenvalue weighted by molar-refractivity contribution is 5.81. The van der Waals surface area contributed by atoms with E-state index in [0.717, 1.165) is 45.3 Å². The summed E-state index contributed by atoms with van der Waals surface area (Å²) >= 11 is 0. The zero-order valence-corrected chi connectivity index (χ0v) is 19.8. The van der Waals surface area contributed by atoms with Crippen molar-refractivity contribution >= 4 is 28.3 Å². The second-order valence-electron chi connectivity index (χ2n) is 8.55. The second-order valence-corrected chi connectivity index (χ2v) is 8.55. The largest absolute Gasteiger partial charge is 0.311 e. The van der Waals surface area contributed by atoms with Crippen molar-refractivity contribution in [2.75, 3.05) is 9.80 Å². The van der Waals surface area contributed by atoms with Crippen LogP contribution in [0.25, 0.3) is 5.57 Å². The van der Waals surface area contributed by atoms with Crippen LogP contribution in [0.2, 0.25) is 0 Å². The van der Waals surface area contributed by atoms with Gasteiger partial charge >= 0.3 is 0 Å².